The first kappa shape index (κ1) is 20.9. The molecule has 1 heterocycles. The molecule has 3 aromatic rings. The summed E-state index contributed by atoms with van der Waals surface area (Å²) in [5.74, 6) is -0.979. The molecule has 31 heavy (non-hydrogen) atoms. The van der Waals surface area contributed by atoms with Crippen LogP contribution in [-0.4, -0.2) is 35.0 Å². The number of hydrogen-bond donors (Lipinski definition) is 1. The Bertz CT molecular complexity index is 1120. The van der Waals surface area contributed by atoms with Gasteiger partial charge in [0.15, 0.2) is 0 Å². The molecule has 5 nitrogen and oxygen atoms in total. The van der Waals surface area contributed by atoms with E-state index in [1.54, 1.807) is 18.2 Å². The lowest BCUT2D eigenvalue weighted by atomic mass is 9.96. The van der Waals surface area contributed by atoms with Crippen LogP contribution in [-0.2, 0) is 4.79 Å². The number of methoxy groups -OCH3 is 1. The summed E-state index contributed by atoms with van der Waals surface area (Å²) in [5.41, 5.74) is 2.73. The van der Waals surface area contributed by atoms with Gasteiger partial charge in [0.25, 0.3) is 5.91 Å². The summed E-state index contributed by atoms with van der Waals surface area (Å²) in [6.07, 6.45) is 0.910. The predicted octanol–water partition coefficient (Wildman–Crippen LogP) is 5.45. The maximum absolute atomic E-state index is 14.0. The van der Waals surface area contributed by atoms with Gasteiger partial charge in [0.1, 0.15) is 11.8 Å². The maximum Gasteiger partial charge on any atom is 0.326 e. The maximum atomic E-state index is 14.0. The van der Waals surface area contributed by atoms with Crippen LogP contribution in [0.25, 0.3) is 11.1 Å². The van der Waals surface area contributed by atoms with Gasteiger partial charge in [-0.2, -0.15) is 0 Å². The highest BCUT2D eigenvalue weighted by molar-refractivity contribution is 6.30. The van der Waals surface area contributed by atoms with E-state index in [2.05, 4.69) is 0 Å². The Balaban J connectivity index is 1.85. The molecule has 1 N–H and O–H groups in total. The number of hydrogen-bond acceptors (Lipinski definition) is 3. The number of ether oxygens (including phenoxy) is 1. The van der Waals surface area contributed by atoms with Gasteiger partial charge in [-0.3, -0.25) is 4.79 Å². The van der Waals surface area contributed by atoms with Crippen molar-refractivity contribution in [1.29, 1.82) is 0 Å². The van der Waals surface area contributed by atoms with E-state index in [-0.39, 0.29) is 11.9 Å². The molecular weight excluding hydrogens is 414 g/mol. The van der Waals surface area contributed by atoms with Crippen LogP contribution in [0.4, 0.5) is 0 Å². The number of rotatable bonds is 5. The normalized spacial score (nSPS) is 18.1. The number of amides is 1. The smallest absolute Gasteiger partial charge is 0.326 e. The van der Waals surface area contributed by atoms with Crippen molar-refractivity contribution in [3.05, 3.63) is 88.9 Å². The van der Waals surface area contributed by atoms with E-state index in [0.717, 1.165) is 11.1 Å². The van der Waals surface area contributed by atoms with Crippen LogP contribution >= 0.6 is 11.6 Å². The standard InChI is InChI=1S/C25H22ClNO4/c1-31-22-12-6-11-19(16-7-3-2-4-8-16)23(22)24(28)27-20(13-14-21(27)25(29)30)17-9-5-10-18(26)15-17/h2-12,15,20-21H,13-14H2,1H3,(H,29,30). The van der Waals surface area contributed by atoms with Gasteiger partial charge >= 0.3 is 5.97 Å². The van der Waals surface area contributed by atoms with E-state index < -0.39 is 12.0 Å². The topological polar surface area (TPSA) is 66.8 Å². The molecule has 4 rings (SSSR count). The van der Waals surface area contributed by atoms with Crippen molar-refractivity contribution < 1.29 is 19.4 Å². The molecule has 2 atom stereocenters. The zero-order chi connectivity index (χ0) is 22.0. The number of benzene rings is 3. The van der Waals surface area contributed by atoms with Crippen LogP contribution in [0, 0.1) is 0 Å². The quantitative estimate of drug-likeness (QED) is 0.579. The van der Waals surface area contributed by atoms with Crippen molar-refractivity contribution >= 4 is 23.5 Å². The van der Waals surface area contributed by atoms with Gasteiger partial charge in [-0.15, -0.1) is 0 Å². The number of halogens is 1. The van der Waals surface area contributed by atoms with Crippen molar-refractivity contribution in [2.45, 2.75) is 24.9 Å². The second-order valence-electron chi connectivity index (χ2n) is 7.46. The summed E-state index contributed by atoms with van der Waals surface area (Å²) in [6.45, 7) is 0. The number of nitrogens with zero attached hydrogens (tertiary/aromatic N) is 1. The Morgan fingerprint density at radius 1 is 1.00 bits per heavy atom. The first-order valence-electron chi connectivity index (χ1n) is 10.0. The SMILES string of the molecule is COc1cccc(-c2ccccc2)c1C(=O)N1C(C(=O)O)CCC1c1cccc(Cl)c1. The summed E-state index contributed by atoms with van der Waals surface area (Å²) < 4.78 is 5.53. The molecule has 2 unspecified atom stereocenters. The van der Waals surface area contributed by atoms with Crippen LogP contribution in [0.5, 0.6) is 5.75 Å². The van der Waals surface area contributed by atoms with E-state index in [1.165, 1.54) is 12.0 Å². The third-order valence-corrected chi connectivity index (χ3v) is 5.92. The molecule has 0 aromatic heterocycles. The second kappa shape index (κ2) is 8.82. The highest BCUT2D eigenvalue weighted by atomic mass is 35.5. The van der Waals surface area contributed by atoms with Gasteiger partial charge in [-0.25, -0.2) is 4.79 Å². The van der Waals surface area contributed by atoms with Gasteiger partial charge in [0, 0.05) is 5.02 Å². The average molecular weight is 436 g/mol. The molecule has 0 aliphatic carbocycles. The Morgan fingerprint density at radius 3 is 2.42 bits per heavy atom. The predicted molar refractivity (Wildman–Crippen MR) is 119 cm³/mol. The van der Waals surface area contributed by atoms with E-state index in [4.69, 9.17) is 16.3 Å². The van der Waals surface area contributed by atoms with Gasteiger partial charge in [-0.05, 0) is 47.7 Å². The monoisotopic (exact) mass is 435 g/mol. The number of carboxylic acids is 1. The Labute approximate surface area is 185 Å². The average Bonchev–Trinajstić information content (AvgIpc) is 3.24. The zero-order valence-electron chi connectivity index (χ0n) is 17.0. The summed E-state index contributed by atoms with van der Waals surface area (Å²) in [6, 6.07) is 20.8. The molecular formula is C25H22ClNO4. The minimum absolute atomic E-state index is 0.358. The molecule has 3 aromatic carbocycles. The Morgan fingerprint density at radius 2 is 1.74 bits per heavy atom. The molecule has 0 radical (unpaired) electrons. The molecule has 0 saturated carbocycles. The fraction of sp³-hybridized carbons (Fsp3) is 0.200. The molecule has 6 heteroatoms. The minimum Gasteiger partial charge on any atom is -0.496 e. The third-order valence-electron chi connectivity index (χ3n) is 5.68. The first-order valence-corrected chi connectivity index (χ1v) is 10.4. The number of likely N-dealkylation sites (tertiary alicyclic amines) is 1. The first-order chi connectivity index (χ1) is 15.0. The highest BCUT2D eigenvalue weighted by Gasteiger charge is 2.43. The number of carboxylic acid groups (broad SMARTS) is 1. The van der Waals surface area contributed by atoms with Crippen molar-refractivity contribution in [3.63, 3.8) is 0 Å². The van der Waals surface area contributed by atoms with Crippen LogP contribution in [0.2, 0.25) is 5.02 Å². The largest absolute Gasteiger partial charge is 0.496 e. The fourth-order valence-electron chi connectivity index (χ4n) is 4.29. The molecule has 1 amide bonds. The van der Waals surface area contributed by atoms with Gasteiger partial charge in [-0.1, -0.05) is 66.2 Å². The molecule has 1 fully saturated rings. The lowest BCUT2D eigenvalue weighted by Gasteiger charge is -2.30. The molecule has 1 aliphatic heterocycles. The minimum atomic E-state index is -1.02. The number of carbonyl (C=O) groups excluding carboxylic acids is 1. The molecule has 158 valence electrons. The van der Waals surface area contributed by atoms with Crippen molar-refractivity contribution in [2.24, 2.45) is 0 Å². The van der Waals surface area contributed by atoms with Crippen molar-refractivity contribution in [1.82, 2.24) is 4.90 Å². The van der Waals surface area contributed by atoms with Gasteiger partial charge in [0.2, 0.25) is 0 Å². The zero-order valence-corrected chi connectivity index (χ0v) is 17.8. The molecule has 0 bridgehead atoms. The molecule has 1 saturated heterocycles. The Hall–Kier alpha value is -3.31. The van der Waals surface area contributed by atoms with Gasteiger partial charge in [0.05, 0.1) is 18.7 Å². The van der Waals surface area contributed by atoms with E-state index in [0.29, 0.717) is 34.7 Å². The lowest BCUT2D eigenvalue weighted by molar-refractivity contribution is -0.141. The second-order valence-corrected chi connectivity index (χ2v) is 7.90. The van der Waals surface area contributed by atoms with Crippen LogP contribution in [0.1, 0.15) is 34.8 Å². The van der Waals surface area contributed by atoms with Gasteiger partial charge < -0.3 is 14.7 Å². The lowest BCUT2D eigenvalue weighted by Crippen LogP contribution is -2.42. The van der Waals surface area contributed by atoms with Crippen molar-refractivity contribution in [3.8, 4) is 16.9 Å². The van der Waals surface area contributed by atoms with E-state index in [1.807, 2.05) is 54.6 Å². The summed E-state index contributed by atoms with van der Waals surface area (Å²) in [7, 11) is 1.51. The summed E-state index contributed by atoms with van der Waals surface area (Å²) in [5, 5.41) is 10.4. The van der Waals surface area contributed by atoms with E-state index >= 15 is 0 Å². The number of aliphatic carboxylic acids is 1. The summed E-state index contributed by atoms with van der Waals surface area (Å²) in [4.78, 5) is 27.5. The Kier molecular flexibility index (Phi) is 5.96. The highest BCUT2D eigenvalue weighted by Crippen LogP contribution is 2.41. The van der Waals surface area contributed by atoms with Crippen LogP contribution in [0.3, 0.4) is 0 Å². The molecule has 0 spiro atoms. The number of carbonyl (C=O) groups is 2. The van der Waals surface area contributed by atoms with Crippen LogP contribution < -0.4 is 4.74 Å². The van der Waals surface area contributed by atoms with E-state index in [9.17, 15) is 14.7 Å². The third kappa shape index (κ3) is 4.01. The van der Waals surface area contributed by atoms with Crippen LogP contribution in [0.15, 0.2) is 72.8 Å². The fourth-order valence-corrected chi connectivity index (χ4v) is 4.49. The van der Waals surface area contributed by atoms with Crippen molar-refractivity contribution in [2.75, 3.05) is 7.11 Å². The summed E-state index contributed by atoms with van der Waals surface area (Å²) >= 11 is 6.18. The molecule has 1 aliphatic rings.